The molecule has 5 nitrogen and oxygen atoms in total. The van der Waals surface area contributed by atoms with E-state index in [1.54, 1.807) is 0 Å². The lowest BCUT2D eigenvalue weighted by Crippen LogP contribution is -2.54. The van der Waals surface area contributed by atoms with Crippen molar-refractivity contribution in [3.8, 4) is 0 Å². The molecule has 0 radical (unpaired) electrons. The summed E-state index contributed by atoms with van der Waals surface area (Å²) in [6.45, 7) is 8.03. The van der Waals surface area contributed by atoms with Crippen molar-refractivity contribution in [3.05, 3.63) is 11.3 Å². The summed E-state index contributed by atoms with van der Waals surface area (Å²) in [5, 5.41) is 21.7. The molecule has 2 aliphatic rings. The number of aldehydes is 1. The van der Waals surface area contributed by atoms with Gasteiger partial charge in [-0.1, -0.05) is 53.4 Å². The van der Waals surface area contributed by atoms with Gasteiger partial charge in [0.2, 0.25) is 5.78 Å². The summed E-state index contributed by atoms with van der Waals surface area (Å²) in [5.74, 6) is -2.83. The molecule has 2 aliphatic carbocycles. The first-order valence-electron chi connectivity index (χ1n) is 10.9. The van der Waals surface area contributed by atoms with E-state index in [0.29, 0.717) is 18.3 Å². The van der Waals surface area contributed by atoms with E-state index in [1.165, 1.54) is 0 Å². The molecule has 0 amide bonds. The van der Waals surface area contributed by atoms with Gasteiger partial charge in [0.15, 0.2) is 5.76 Å². The molecule has 1 unspecified atom stereocenters. The van der Waals surface area contributed by atoms with E-state index in [0.717, 1.165) is 32.1 Å². The maximum atomic E-state index is 13.1. The molecule has 0 aromatic carbocycles. The molecule has 2 rings (SSSR count). The Bertz CT molecular complexity index is 622. The van der Waals surface area contributed by atoms with Crippen molar-refractivity contribution >= 4 is 17.9 Å². The van der Waals surface area contributed by atoms with E-state index in [4.69, 9.17) is 0 Å². The number of fused-ring (bicyclic) bond motifs is 1. The fourth-order valence-corrected chi connectivity index (χ4v) is 5.36. The molecule has 0 spiro atoms. The minimum Gasteiger partial charge on any atom is -0.504 e. The van der Waals surface area contributed by atoms with Gasteiger partial charge in [-0.3, -0.25) is 9.59 Å². The second-order valence-corrected chi connectivity index (χ2v) is 8.98. The SMILES string of the molecule is CCCCCC[C@@H](C)C1=C(O)C(=O)[C@@H]2[C@H](C)[C@H](C)C[C@H](O)[C@H]2C1C(=O)CC=O. The first-order chi connectivity index (χ1) is 13.3. The van der Waals surface area contributed by atoms with Crippen LogP contribution in [0.2, 0.25) is 0 Å². The van der Waals surface area contributed by atoms with Crippen LogP contribution in [0.15, 0.2) is 11.3 Å². The number of carbonyl (C=O) groups is 3. The molecule has 28 heavy (non-hydrogen) atoms. The third-order valence-corrected chi connectivity index (χ3v) is 7.12. The summed E-state index contributed by atoms with van der Waals surface area (Å²) in [5.41, 5.74) is 0.454. The van der Waals surface area contributed by atoms with Crippen molar-refractivity contribution in [2.75, 3.05) is 0 Å². The Hall–Kier alpha value is -1.49. The topological polar surface area (TPSA) is 91.7 Å². The maximum Gasteiger partial charge on any atom is 0.200 e. The number of ketones is 2. The molecule has 0 aromatic rings. The Kier molecular flexibility index (Phi) is 7.99. The van der Waals surface area contributed by atoms with E-state index in [2.05, 4.69) is 6.92 Å². The molecule has 0 bridgehead atoms. The number of aliphatic hydroxyl groups excluding tert-OH is 2. The van der Waals surface area contributed by atoms with Gasteiger partial charge in [0.05, 0.1) is 12.5 Å². The van der Waals surface area contributed by atoms with Crippen molar-refractivity contribution in [1.82, 2.24) is 0 Å². The number of hydrogen-bond donors (Lipinski definition) is 2. The highest BCUT2D eigenvalue weighted by atomic mass is 16.3. The summed E-state index contributed by atoms with van der Waals surface area (Å²) in [6.07, 6.45) is 5.12. The van der Waals surface area contributed by atoms with Crippen molar-refractivity contribution in [2.24, 2.45) is 35.5 Å². The highest BCUT2D eigenvalue weighted by molar-refractivity contribution is 6.02. The van der Waals surface area contributed by atoms with E-state index in [9.17, 15) is 24.6 Å². The highest BCUT2D eigenvalue weighted by Gasteiger charge is 2.55. The number of allylic oxidation sites excluding steroid dienone is 2. The van der Waals surface area contributed by atoms with E-state index < -0.39 is 23.9 Å². The average Bonchev–Trinajstić information content (AvgIpc) is 2.65. The Morgan fingerprint density at radius 1 is 1.25 bits per heavy atom. The van der Waals surface area contributed by atoms with Crippen LogP contribution >= 0.6 is 0 Å². The Morgan fingerprint density at radius 2 is 1.93 bits per heavy atom. The minimum absolute atomic E-state index is 0.0315. The van der Waals surface area contributed by atoms with Gasteiger partial charge in [-0.2, -0.15) is 0 Å². The van der Waals surface area contributed by atoms with E-state index in [-0.39, 0.29) is 41.5 Å². The fourth-order valence-electron chi connectivity index (χ4n) is 5.36. The predicted molar refractivity (Wildman–Crippen MR) is 108 cm³/mol. The van der Waals surface area contributed by atoms with Crippen LogP contribution in [0.25, 0.3) is 0 Å². The maximum absolute atomic E-state index is 13.1. The monoisotopic (exact) mass is 392 g/mol. The Morgan fingerprint density at radius 3 is 2.54 bits per heavy atom. The van der Waals surface area contributed by atoms with Crippen molar-refractivity contribution in [2.45, 2.75) is 78.7 Å². The molecular formula is C23H36O5. The summed E-state index contributed by atoms with van der Waals surface area (Å²) in [4.78, 5) is 37.1. The van der Waals surface area contributed by atoms with Crippen LogP contribution in [0.5, 0.6) is 0 Å². The molecule has 2 N–H and O–H groups in total. The highest BCUT2D eigenvalue weighted by Crippen LogP contribution is 2.51. The molecule has 5 heteroatoms. The van der Waals surface area contributed by atoms with Crippen LogP contribution in [0.3, 0.4) is 0 Å². The van der Waals surface area contributed by atoms with Crippen LogP contribution in [-0.2, 0) is 14.4 Å². The third kappa shape index (κ3) is 4.40. The molecule has 0 saturated heterocycles. The van der Waals surface area contributed by atoms with Crippen LogP contribution in [-0.4, -0.2) is 34.2 Å². The zero-order valence-corrected chi connectivity index (χ0v) is 17.7. The lowest BCUT2D eigenvalue weighted by Gasteiger charge is -2.49. The van der Waals surface area contributed by atoms with Gasteiger partial charge >= 0.3 is 0 Å². The lowest BCUT2D eigenvalue weighted by atomic mass is 9.55. The molecule has 1 fully saturated rings. The second kappa shape index (κ2) is 9.82. The van der Waals surface area contributed by atoms with Crippen LogP contribution in [0.4, 0.5) is 0 Å². The van der Waals surface area contributed by atoms with Gasteiger partial charge in [-0.15, -0.1) is 0 Å². The van der Waals surface area contributed by atoms with Gasteiger partial charge < -0.3 is 15.0 Å². The molecular weight excluding hydrogens is 356 g/mol. The molecule has 0 aromatic heterocycles. The van der Waals surface area contributed by atoms with Crippen molar-refractivity contribution < 1.29 is 24.6 Å². The first kappa shape index (κ1) is 22.8. The minimum atomic E-state index is -0.781. The zero-order valence-electron chi connectivity index (χ0n) is 17.7. The number of unbranched alkanes of at least 4 members (excludes halogenated alkanes) is 3. The molecule has 7 atom stereocenters. The largest absolute Gasteiger partial charge is 0.504 e. The smallest absolute Gasteiger partial charge is 0.200 e. The van der Waals surface area contributed by atoms with Gasteiger partial charge in [-0.25, -0.2) is 0 Å². The zero-order chi connectivity index (χ0) is 21.0. The number of Topliss-reactive ketones (excluding diaryl/α,β-unsaturated/α-hetero) is 2. The third-order valence-electron chi connectivity index (χ3n) is 7.12. The van der Waals surface area contributed by atoms with E-state index in [1.807, 2.05) is 20.8 Å². The van der Waals surface area contributed by atoms with Gasteiger partial charge in [-0.05, 0) is 36.2 Å². The number of rotatable bonds is 9. The fraction of sp³-hybridized carbons (Fsp3) is 0.783. The van der Waals surface area contributed by atoms with E-state index >= 15 is 0 Å². The summed E-state index contributed by atoms with van der Waals surface area (Å²) < 4.78 is 0. The standard InChI is InChI=1S/C23H36O5/c1-5-6-7-8-9-13(2)18-20(16(25)10-11-24)21-17(26)12-14(3)15(4)19(21)23(28)22(18)27/h11,13-15,17,19-21,26-27H,5-10,12H2,1-4H3/t13-,14-,15-,17+,19-,20?,21-/m1/s1. The summed E-state index contributed by atoms with van der Waals surface area (Å²) >= 11 is 0. The average molecular weight is 393 g/mol. The second-order valence-electron chi connectivity index (χ2n) is 8.98. The first-order valence-corrected chi connectivity index (χ1v) is 10.9. The Labute approximate surface area is 168 Å². The predicted octanol–water partition coefficient (Wildman–Crippen LogP) is 4.03. The van der Waals surface area contributed by atoms with Gasteiger partial charge in [0.1, 0.15) is 12.1 Å². The van der Waals surface area contributed by atoms with Gasteiger partial charge in [0, 0.05) is 17.8 Å². The van der Waals surface area contributed by atoms with Crippen molar-refractivity contribution in [1.29, 1.82) is 0 Å². The number of carbonyl (C=O) groups excluding carboxylic acids is 3. The molecule has 1 saturated carbocycles. The molecule has 0 heterocycles. The molecule has 0 aliphatic heterocycles. The van der Waals surface area contributed by atoms with Crippen molar-refractivity contribution in [3.63, 3.8) is 0 Å². The van der Waals surface area contributed by atoms with Gasteiger partial charge in [0.25, 0.3) is 0 Å². The molecule has 158 valence electrons. The Balaban J connectivity index is 2.44. The van der Waals surface area contributed by atoms with Crippen LogP contribution < -0.4 is 0 Å². The summed E-state index contributed by atoms with van der Waals surface area (Å²) in [6, 6.07) is 0. The lowest BCUT2D eigenvalue weighted by molar-refractivity contribution is -0.143. The number of hydrogen-bond acceptors (Lipinski definition) is 5. The summed E-state index contributed by atoms with van der Waals surface area (Å²) in [7, 11) is 0. The normalized spacial score (nSPS) is 34.1. The number of aliphatic hydroxyl groups is 2. The van der Waals surface area contributed by atoms with Crippen LogP contribution in [0.1, 0.15) is 72.6 Å². The van der Waals surface area contributed by atoms with Crippen LogP contribution in [0, 0.1) is 35.5 Å². The quantitative estimate of drug-likeness (QED) is 0.351.